The molecule has 0 aliphatic heterocycles. The molecule has 35 heavy (non-hydrogen) atoms. The number of aryl methyl sites for hydroxylation is 1. The largest absolute Gasteiger partial charge is 0.343 e. The van der Waals surface area contributed by atoms with Gasteiger partial charge in [-0.2, -0.15) is 9.61 Å². The van der Waals surface area contributed by atoms with E-state index in [4.69, 9.17) is 5.10 Å². The Morgan fingerprint density at radius 1 is 1.00 bits per heavy atom. The summed E-state index contributed by atoms with van der Waals surface area (Å²) in [5, 5.41) is 5.65. The summed E-state index contributed by atoms with van der Waals surface area (Å²) in [6, 6.07) is 19.1. The molecule has 7 heteroatoms. The van der Waals surface area contributed by atoms with Crippen LogP contribution >= 0.6 is 0 Å². The number of fused-ring (bicyclic) bond motifs is 2. The Morgan fingerprint density at radius 2 is 1.83 bits per heavy atom. The first-order chi connectivity index (χ1) is 16.9. The molecule has 0 saturated carbocycles. The van der Waals surface area contributed by atoms with E-state index in [0.29, 0.717) is 28.2 Å². The molecule has 0 saturated heterocycles. The average Bonchev–Trinajstić information content (AvgIpc) is 3.24. The predicted octanol–water partition coefficient (Wildman–Crippen LogP) is 6.42. The Bertz CT molecular complexity index is 1680. The van der Waals surface area contributed by atoms with Crippen molar-refractivity contribution in [2.75, 3.05) is 0 Å². The second kappa shape index (κ2) is 7.98. The molecule has 1 N–H and O–H groups in total. The highest BCUT2D eigenvalue weighted by Crippen LogP contribution is 2.40. The lowest BCUT2D eigenvalue weighted by molar-refractivity contribution is -0.00602. The van der Waals surface area contributed by atoms with Crippen LogP contribution in [0.2, 0.25) is 0 Å². The molecular weight excluding hydrogens is 446 g/mol. The smallest absolute Gasteiger partial charge is 0.282 e. The first-order valence-electron chi connectivity index (χ1n) is 11.5. The fourth-order valence-electron chi connectivity index (χ4n) is 4.88. The lowest BCUT2D eigenvalue weighted by Gasteiger charge is -2.21. The molecule has 0 unspecified atom stereocenters. The van der Waals surface area contributed by atoms with E-state index in [1.807, 2.05) is 67.6 Å². The van der Waals surface area contributed by atoms with Crippen molar-refractivity contribution in [3.8, 4) is 22.4 Å². The standard InChI is InChI=1S/C28H22F2N4O/c1-17-23(21-9-10-22-20(16-21)8-5-15-31-22)27(35)34-26(32-17)24(18-11-13-28(29,30)14-12-18)25(33-34)19-6-3-2-4-7-19/h2-11,15-16,32H,12-14H2,1H3. The Kier molecular flexibility index (Phi) is 4.88. The Labute approximate surface area is 199 Å². The van der Waals surface area contributed by atoms with Gasteiger partial charge in [-0.05, 0) is 42.7 Å². The molecule has 6 rings (SSSR count). The summed E-state index contributed by atoms with van der Waals surface area (Å²) in [4.78, 5) is 21.5. The van der Waals surface area contributed by atoms with Crippen molar-refractivity contribution in [2.45, 2.75) is 32.1 Å². The minimum Gasteiger partial charge on any atom is -0.343 e. The summed E-state index contributed by atoms with van der Waals surface area (Å²) in [5.74, 6) is -2.71. The highest BCUT2D eigenvalue weighted by atomic mass is 19.3. The number of aromatic nitrogens is 4. The molecule has 0 radical (unpaired) electrons. The van der Waals surface area contributed by atoms with Crippen molar-refractivity contribution in [2.24, 2.45) is 0 Å². The Balaban J connectivity index is 1.61. The number of allylic oxidation sites excluding steroid dienone is 2. The molecule has 2 aromatic carbocycles. The molecule has 0 amide bonds. The fourth-order valence-corrected chi connectivity index (χ4v) is 4.88. The molecule has 1 aliphatic carbocycles. The number of H-pyrrole nitrogens is 1. The Hall–Kier alpha value is -4.13. The van der Waals surface area contributed by atoms with Crippen molar-refractivity contribution < 1.29 is 8.78 Å². The zero-order chi connectivity index (χ0) is 24.2. The van der Waals surface area contributed by atoms with Crippen LogP contribution in [-0.4, -0.2) is 25.5 Å². The average molecular weight is 469 g/mol. The van der Waals surface area contributed by atoms with E-state index < -0.39 is 5.92 Å². The number of benzene rings is 2. The topological polar surface area (TPSA) is 63.1 Å². The summed E-state index contributed by atoms with van der Waals surface area (Å²) in [5.41, 5.74) is 6.00. The third kappa shape index (κ3) is 3.64. The van der Waals surface area contributed by atoms with Crippen LogP contribution in [0.15, 0.2) is 77.7 Å². The van der Waals surface area contributed by atoms with E-state index in [0.717, 1.165) is 27.6 Å². The van der Waals surface area contributed by atoms with E-state index in [2.05, 4.69) is 9.97 Å². The Morgan fingerprint density at radius 3 is 2.60 bits per heavy atom. The van der Waals surface area contributed by atoms with Crippen LogP contribution in [0.25, 0.3) is 44.5 Å². The highest BCUT2D eigenvalue weighted by molar-refractivity contribution is 5.89. The first-order valence-corrected chi connectivity index (χ1v) is 11.5. The number of nitrogens with one attached hydrogen (secondary N) is 1. The van der Waals surface area contributed by atoms with Gasteiger partial charge in [0.1, 0.15) is 11.3 Å². The van der Waals surface area contributed by atoms with Crippen LogP contribution in [0.3, 0.4) is 0 Å². The molecule has 3 heterocycles. The molecule has 0 bridgehead atoms. The van der Waals surface area contributed by atoms with Crippen LogP contribution in [0.5, 0.6) is 0 Å². The first kappa shape index (κ1) is 21.4. The summed E-state index contributed by atoms with van der Waals surface area (Å²) < 4.78 is 29.2. The van der Waals surface area contributed by atoms with E-state index >= 15 is 0 Å². The second-order valence-electron chi connectivity index (χ2n) is 8.98. The van der Waals surface area contributed by atoms with Gasteiger partial charge in [-0.3, -0.25) is 9.78 Å². The number of aromatic amines is 1. The highest BCUT2D eigenvalue weighted by Gasteiger charge is 2.33. The van der Waals surface area contributed by atoms with Gasteiger partial charge in [0.25, 0.3) is 11.5 Å². The molecule has 174 valence electrons. The number of pyridine rings is 1. The van der Waals surface area contributed by atoms with E-state index in [9.17, 15) is 13.6 Å². The maximum absolute atomic E-state index is 13.9. The van der Waals surface area contributed by atoms with Gasteiger partial charge in [0, 0.05) is 41.2 Å². The summed E-state index contributed by atoms with van der Waals surface area (Å²) in [7, 11) is 0. The number of hydrogen-bond acceptors (Lipinski definition) is 3. The molecule has 1 aliphatic rings. The SMILES string of the molecule is Cc1[nH]c2c(C3=CCC(F)(F)CC3)c(-c3ccccc3)nn2c(=O)c1-c1ccc2ncccc2c1. The zero-order valence-electron chi connectivity index (χ0n) is 19.1. The van der Waals surface area contributed by atoms with Gasteiger partial charge in [0.15, 0.2) is 0 Å². The van der Waals surface area contributed by atoms with Gasteiger partial charge in [-0.1, -0.05) is 48.5 Å². The molecule has 0 atom stereocenters. The monoisotopic (exact) mass is 468 g/mol. The maximum atomic E-state index is 13.9. The number of nitrogens with zero attached hydrogens (tertiary/aromatic N) is 3. The third-order valence-electron chi connectivity index (χ3n) is 6.64. The summed E-state index contributed by atoms with van der Waals surface area (Å²) in [6.07, 6.45) is 3.00. The quantitative estimate of drug-likeness (QED) is 0.333. The minimum absolute atomic E-state index is 0.217. The van der Waals surface area contributed by atoms with Crippen molar-refractivity contribution >= 4 is 22.1 Å². The van der Waals surface area contributed by atoms with Gasteiger partial charge in [-0.25, -0.2) is 8.78 Å². The fraction of sp³-hybridized carbons (Fsp3) is 0.179. The minimum atomic E-state index is -2.71. The molecule has 3 aromatic heterocycles. The normalized spacial score (nSPS) is 15.5. The van der Waals surface area contributed by atoms with Crippen LogP contribution < -0.4 is 5.56 Å². The van der Waals surface area contributed by atoms with Crippen LogP contribution in [0.1, 0.15) is 30.5 Å². The number of hydrogen-bond donors (Lipinski definition) is 1. The van der Waals surface area contributed by atoms with Gasteiger partial charge >= 0.3 is 0 Å². The van der Waals surface area contributed by atoms with Crippen LogP contribution in [-0.2, 0) is 0 Å². The van der Waals surface area contributed by atoms with Gasteiger partial charge < -0.3 is 4.98 Å². The molecule has 0 fully saturated rings. The summed E-state index contributed by atoms with van der Waals surface area (Å²) >= 11 is 0. The third-order valence-corrected chi connectivity index (χ3v) is 6.64. The van der Waals surface area contributed by atoms with Gasteiger partial charge in [-0.15, -0.1) is 0 Å². The predicted molar refractivity (Wildman–Crippen MR) is 133 cm³/mol. The van der Waals surface area contributed by atoms with Crippen LogP contribution in [0.4, 0.5) is 8.78 Å². The molecule has 5 nitrogen and oxygen atoms in total. The maximum Gasteiger partial charge on any atom is 0.282 e. The van der Waals surface area contributed by atoms with Crippen LogP contribution in [0, 0.1) is 6.92 Å². The van der Waals surface area contributed by atoms with E-state index in [-0.39, 0.29) is 24.8 Å². The molecular formula is C28H22F2N4O. The van der Waals surface area contributed by atoms with Crippen molar-refractivity contribution in [1.82, 2.24) is 19.6 Å². The lowest BCUT2D eigenvalue weighted by Crippen LogP contribution is -2.20. The zero-order valence-corrected chi connectivity index (χ0v) is 19.1. The summed E-state index contributed by atoms with van der Waals surface area (Å²) in [6.45, 7) is 1.85. The number of alkyl halides is 2. The van der Waals surface area contributed by atoms with Crippen molar-refractivity contribution in [3.63, 3.8) is 0 Å². The van der Waals surface area contributed by atoms with Gasteiger partial charge in [0.05, 0.1) is 11.1 Å². The van der Waals surface area contributed by atoms with E-state index in [1.165, 1.54) is 4.52 Å². The van der Waals surface area contributed by atoms with E-state index in [1.54, 1.807) is 12.3 Å². The second-order valence-corrected chi connectivity index (χ2v) is 8.98. The van der Waals surface area contributed by atoms with Crippen molar-refractivity contribution in [3.05, 3.63) is 94.5 Å². The molecule has 5 aromatic rings. The van der Waals surface area contributed by atoms with Crippen molar-refractivity contribution in [1.29, 1.82) is 0 Å². The number of halogens is 2. The molecule has 0 spiro atoms. The van der Waals surface area contributed by atoms with Gasteiger partial charge in [0.2, 0.25) is 0 Å². The lowest BCUT2D eigenvalue weighted by atomic mass is 9.90. The number of rotatable bonds is 3.